The van der Waals surface area contributed by atoms with Gasteiger partial charge in [-0.2, -0.15) is 18.4 Å². The molecule has 1 saturated carbocycles. The number of benzene rings is 1. The number of aliphatic hydroxyl groups is 1. The Labute approximate surface area is 230 Å². The fourth-order valence-electron chi connectivity index (χ4n) is 6.12. The van der Waals surface area contributed by atoms with Crippen LogP contribution in [0.2, 0.25) is 0 Å². The molecule has 212 valence electrons. The minimum absolute atomic E-state index is 0.00359. The molecule has 11 heteroatoms. The molecule has 1 aliphatic heterocycles. The number of nitrogens with zero attached hydrogens (tertiary/aromatic N) is 4. The Bertz CT molecular complexity index is 1450. The largest absolute Gasteiger partial charge is 0.497 e. The molecule has 1 amide bonds. The number of hydrogen-bond acceptors (Lipinski definition) is 6. The lowest BCUT2D eigenvalue weighted by Crippen LogP contribution is -2.40. The highest BCUT2D eigenvalue weighted by Crippen LogP contribution is 2.45. The zero-order chi connectivity index (χ0) is 28.6. The van der Waals surface area contributed by atoms with Crippen molar-refractivity contribution < 1.29 is 27.8 Å². The highest BCUT2D eigenvalue weighted by atomic mass is 19.4. The van der Waals surface area contributed by atoms with Crippen LogP contribution >= 0.6 is 0 Å². The molecule has 8 nitrogen and oxygen atoms in total. The van der Waals surface area contributed by atoms with Gasteiger partial charge in [-0.3, -0.25) is 4.79 Å². The number of carbonyl (C=O) groups is 1. The lowest BCUT2D eigenvalue weighted by Gasteiger charge is -2.33. The van der Waals surface area contributed by atoms with E-state index < -0.39 is 18.0 Å². The summed E-state index contributed by atoms with van der Waals surface area (Å²) in [6.45, 7) is 1.03. The predicted octanol–water partition coefficient (Wildman–Crippen LogP) is 5.47. The van der Waals surface area contributed by atoms with E-state index in [0.717, 1.165) is 31.9 Å². The summed E-state index contributed by atoms with van der Waals surface area (Å²) < 4.78 is 50.8. The van der Waals surface area contributed by atoms with Crippen LogP contribution in [0.4, 0.5) is 18.9 Å². The standard InChI is InChI=1S/C29H32F3N5O3/c1-36-16-22(18-7-9-37(10-8-18)28(39)19-5-3-4-6-19)24-25(29(30,31)32)23(15-34-26(24)36)35-27(38)20-11-17(14-33)12-21(13-20)40-2/h11-13,15-16,18-19,27,35,38H,3-10H2,1-2H3. The lowest BCUT2D eigenvalue weighted by molar-refractivity contribution is -0.136. The average molecular weight is 556 g/mol. The van der Waals surface area contributed by atoms with Crippen LogP contribution in [0.15, 0.2) is 30.6 Å². The molecule has 0 spiro atoms. The van der Waals surface area contributed by atoms with E-state index in [4.69, 9.17) is 4.74 Å². The van der Waals surface area contributed by atoms with E-state index in [1.54, 1.807) is 17.8 Å². The van der Waals surface area contributed by atoms with Gasteiger partial charge in [0.25, 0.3) is 0 Å². The number of fused-ring (bicyclic) bond motifs is 1. The van der Waals surface area contributed by atoms with Gasteiger partial charge in [-0.25, -0.2) is 4.98 Å². The van der Waals surface area contributed by atoms with Crippen molar-refractivity contribution in [2.75, 3.05) is 25.5 Å². The van der Waals surface area contributed by atoms with Gasteiger partial charge in [-0.1, -0.05) is 12.8 Å². The van der Waals surface area contributed by atoms with Crippen LogP contribution in [0.25, 0.3) is 11.0 Å². The third-order valence-electron chi connectivity index (χ3n) is 8.15. The molecule has 5 rings (SSSR count). The minimum Gasteiger partial charge on any atom is -0.497 e. The summed E-state index contributed by atoms with van der Waals surface area (Å²) >= 11 is 0. The number of alkyl halides is 3. The minimum atomic E-state index is -4.75. The van der Waals surface area contributed by atoms with Crippen LogP contribution in [-0.2, 0) is 18.0 Å². The zero-order valence-electron chi connectivity index (χ0n) is 22.5. The molecule has 0 bridgehead atoms. The lowest BCUT2D eigenvalue weighted by atomic mass is 9.87. The normalized spacial score (nSPS) is 17.7. The van der Waals surface area contributed by atoms with E-state index in [9.17, 15) is 28.3 Å². The van der Waals surface area contributed by atoms with Crippen molar-refractivity contribution in [3.8, 4) is 11.8 Å². The Morgan fingerprint density at radius 2 is 1.90 bits per heavy atom. The summed E-state index contributed by atoms with van der Waals surface area (Å²) in [5.74, 6) is 0.367. The Balaban J connectivity index is 1.47. The number of aryl methyl sites for hydroxylation is 1. The highest BCUT2D eigenvalue weighted by Gasteiger charge is 2.40. The predicted molar refractivity (Wildman–Crippen MR) is 143 cm³/mol. The van der Waals surface area contributed by atoms with Crippen LogP contribution in [-0.4, -0.2) is 45.7 Å². The monoisotopic (exact) mass is 555 g/mol. The molecule has 2 aromatic heterocycles. The molecule has 1 aromatic carbocycles. The van der Waals surface area contributed by atoms with Gasteiger partial charge in [-0.05, 0) is 55.4 Å². The van der Waals surface area contributed by atoms with Crippen molar-refractivity contribution in [3.05, 3.63) is 52.8 Å². The van der Waals surface area contributed by atoms with Gasteiger partial charge < -0.3 is 24.6 Å². The van der Waals surface area contributed by atoms with E-state index in [1.807, 2.05) is 11.0 Å². The molecule has 1 aliphatic carbocycles. The van der Waals surface area contributed by atoms with Crippen LogP contribution in [0.1, 0.15) is 72.9 Å². The van der Waals surface area contributed by atoms with Gasteiger partial charge in [0.2, 0.25) is 5.91 Å². The molecule has 2 aliphatic rings. The Morgan fingerprint density at radius 3 is 2.52 bits per heavy atom. The topological polar surface area (TPSA) is 103 Å². The third-order valence-corrected chi connectivity index (χ3v) is 8.15. The van der Waals surface area contributed by atoms with Crippen LogP contribution in [0.3, 0.4) is 0 Å². The van der Waals surface area contributed by atoms with E-state index in [0.29, 0.717) is 37.2 Å². The molecule has 0 radical (unpaired) electrons. The molecular weight excluding hydrogens is 523 g/mol. The van der Waals surface area contributed by atoms with Gasteiger partial charge in [-0.15, -0.1) is 0 Å². The summed E-state index contributed by atoms with van der Waals surface area (Å²) in [6.07, 6.45) is 1.57. The fraction of sp³-hybridized carbons (Fsp3) is 0.483. The third kappa shape index (κ3) is 5.32. The summed E-state index contributed by atoms with van der Waals surface area (Å²) in [5.41, 5.74) is -0.161. The number of likely N-dealkylation sites (tertiary alicyclic amines) is 1. The highest BCUT2D eigenvalue weighted by molar-refractivity contribution is 5.90. The number of halogens is 3. The SMILES string of the molecule is COc1cc(C#N)cc(C(O)Nc2cnc3c(c(C4CCN(C(=O)C5CCCC5)CC4)cn3C)c2C(F)(F)F)c1. The second-order valence-corrected chi connectivity index (χ2v) is 10.7. The number of nitriles is 1. The first-order valence-electron chi connectivity index (χ1n) is 13.5. The van der Waals surface area contributed by atoms with Crippen LogP contribution in [0.5, 0.6) is 5.75 Å². The fourth-order valence-corrected chi connectivity index (χ4v) is 6.12. The van der Waals surface area contributed by atoms with Crippen LogP contribution in [0, 0.1) is 17.2 Å². The molecule has 3 aromatic rings. The number of carbonyl (C=O) groups excluding carboxylic acids is 1. The number of nitrogens with one attached hydrogen (secondary N) is 1. The number of methoxy groups -OCH3 is 1. The number of ether oxygens (including phenoxy) is 1. The Kier molecular flexibility index (Phi) is 7.64. The maximum atomic E-state index is 14.7. The average Bonchev–Trinajstić information content (AvgIpc) is 3.60. The van der Waals surface area contributed by atoms with E-state index in [1.165, 1.54) is 25.3 Å². The van der Waals surface area contributed by atoms with Gasteiger partial charge >= 0.3 is 6.18 Å². The maximum Gasteiger partial charge on any atom is 0.419 e. The van der Waals surface area contributed by atoms with E-state index >= 15 is 0 Å². The van der Waals surface area contributed by atoms with Gasteiger partial charge in [0.15, 0.2) is 6.23 Å². The van der Waals surface area contributed by atoms with Crippen LogP contribution < -0.4 is 10.1 Å². The molecule has 1 unspecified atom stereocenters. The molecule has 2 fully saturated rings. The Morgan fingerprint density at radius 1 is 1.20 bits per heavy atom. The second kappa shape index (κ2) is 11.0. The first-order valence-corrected chi connectivity index (χ1v) is 13.5. The number of piperidine rings is 1. The van der Waals surface area contributed by atoms with Crippen molar-refractivity contribution in [1.82, 2.24) is 14.5 Å². The van der Waals surface area contributed by atoms with Crippen molar-refractivity contribution in [2.24, 2.45) is 13.0 Å². The van der Waals surface area contributed by atoms with Gasteiger partial charge in [0.1, 0.15) is 11.4 Å². The quantitative estimate of drug-likeness (QED) is 0.391. The number of pyridine rings is 1. The van der Waals surface area contributed by atoms with Gasteiger partial charge in [0, 0.05) is 43.2 Å². The molecular formula is C29H32F3N5O3. The van der Waals surface area contributed by atoms with E-state index in [2.05, 4.69) is 10.3 Å². The number of aromatic nitrogens is 2. The molecule has 1 atom stereocenters. The smallest absolute Gasteiger partial charge is 0.419 e. The first-order chi connectivity index (χ1) is 19.1. The number of anilines is 1. The molecule has 40 heavy (non-hydrogen) atoms. The van der Waals surface area contributed by atoms with E-state index in [-0.39, 0.29) is 45.6 Å². The van der Waals surface area contributed by atoms with Crippen molar-refractivity contribution in [2.45, 2.75) is 56.8 Å². The summed E-state index contributed by atoms with van der Waals surface area (Å²) in [5, 5.41) is 22.7. The number of rotatable bonds is 6. The summed E-state index contributed by atoms with van der Waals surface area (Å²) in [6, 6.07) is 6.25. The number of hydrogen-bond donors (Lipinski definition) is 2. The van der Waals surface area contributed by atoms with Gasteiger partial charge in [0.05, 0.1) is 36.2 Å². The Hall–Kier alpha value is -3.78. The van der Waals surface area contributed by atoms with Crippen molar-refractivity contribution >= 4 is 22.6 Å². The van der Waals surface area contributed by atoms with Crippen molar-refractivity contribution in [1.29, 1.82) is 5.26 Å². The second-order valence-electron chi connectivity index (χ2n) is 10.7. The summed E-state index contributed by atoms with van der Waals surface area (Å²) in [7, 11) is 3.06. The zero-order valence-corrected chi connectivity index (χ0v) is 22.5. The molecule has 3 heterocycles. The first kappa shape index (κ1) is 27.8. The number of amides is 1. The molecule has 1 saturated heterocycles. The maximum absolute atomic E-state index is 14.7. The summed E-state index contributed by atoms with van der Waals surface area (Å²) in [4.78, 5) is 19.1. The molecule has 2 N–H and O–H groups in total. The number of aliphatic hydroxyl groups excluding tert-OH is 1. The van der Waals surface area contributed by atoms with Crippen molar-refractivity contribution in [3.63, 3.8) is 0 Å².